The van der Waals surface area contributed by atoms with Crippen molar-refractivity contribution in [2.24, 2.45) is 0 Å². The Kier molecular flexibility index (Phi) is 5.11. The van der Waals surface area contributed by atoms with Gasteiger partial charge in [0, 0.05) is 6.54 Å². The van der Waals surface area contributed by atoms with Gasteiger partial charge in [0.1, 0.15) is 17.5 Å². The SMILES string of the molecule is CN(C)CCCNC(=O)c1cccc(C#N)n1. The van der Waals surface area contributed by atoms with Gasteiger partial charge in [0.05, 0.1) is 0 Å². The summed E-state index contributed by atoms with van der Waals surface area (Å²) >= 11 is 0. The van der Waals surface area contributed by atoms with Crippen molar-refractivity contribution >= 4 is 5.91 Å². The first-order valence-electron chi connectivity index (χ1n) is 5.43. The molecule has 0 aliphatic rings. The van der Waals surface area contributed by atoms with E-state index in [1.165, 1.54) is 0 Å². The molecule has 0 bridgehead atoms. The smallest absolute Gasteiger partial charge is 0.269 e. The van der Waals surface area contributed by atoms with Crippen molar-refractivity contribution in [1.82, 2.24) is 15.2 Å². The largest absolute Gasteiger partial charge is 0.351 e. The highest BCUT2D eigenvalue weighted by molar-refractivity contribution is 5.92. The molecule has 1 rings (SSSR count). The molecule has 5 heteroatoms. The average Bonchev–Trinajstić information content (AvgIpc) is 2.34. The van der Waals surface area contributed by atoms with E-state index in [4.69, 9.17) is 5.26 Å². The summed E-state index contributed by atoms with van der Waals surface area (Å²) in [7, 11) is 3.97. The molecule has 0 aliphatic carbocycles. The number of aromatic nitrogens is 1. The van der Waals surface area contributed by atoms with E-state index in [1.807, 2.05) is 20.2 Å². The van der Waals surface area contributed by atoms with Crippen LogP contribution in [-0.2, 0) is 0 Å². The van der Waals surface area contributed by atoms with Gasteiger partial charge in [0.2, 0.25) is 0 Å². The van der Waals surface area contributed by atoms with Crippen LogP contribution < -0.4 is 5.32 Å². The Hall–Kier alpha value is -1.93. The molecule has 0 aromatic carbocycles. The summed E-state index contributed by atoms with van der Waals surface area (Å²) in [5, 5.41) is 11.4. The zero-order valence-corrected chi connectivity index (χ0v) is 10.1. The molecular weight excluding hydrogens is 216 g/mol. The molecule has 0 unspecified atom stereocenters. The minimum absolute atomic E-state index is 0.235. The number of amides is 1. The lowest BCUT2D eigenvalue weighted by atomic mass is 10.3. The molecule has 0 saturated heterocycles. The summed E-state index contributed by atoms with van der Waals surface area (Å²) in [5.74, 6) is -0.235. The lowest BCUT2D eigenvalue weighted by molar-refractivity contribution is 0.0947. The fraction of sp³-hybridized carbons (Fsp3) is 0.417. The van der Waals surface area contributed by atoms with Crippen LogP contribution in [0.1, 0.15) is 22.6 Å². The number of nitrogens with one attached hydrogen (secondary N) is 1. The van der Waals surface area contributed by atoms with Gasteiger partial charge in [-0.25, -0.2) is 4.98 Å². The van der Waals surface area contributed by atoms with Crippen LogP contribution in [0.2, 0.25) is 0 Å². The third-order valence-electron chi connectivity index (χ3n) is 2.16. The van der Waals surface area contributed by atoms with E-state index in [1.54, 1.807) is 18.2 Å². The Morgan fingerprint density at radius 1 is 1.53 bits per heavy atom. The molecule has 0 spiro atoms. The summed E-state index contributed by atoms with van der Waals surface area (Å²) in [4.78, 5) is 17.6. The molecule has 0 radical (unpaired) electrons. The van der Waals surface area contributed by atoms with Crippen molar-refractivity contribution < 1.29 is 4.79 Å². The van der Waals surface area contributed by atoms with Gasteiger partial charge in [0.25, 0.3) is 5.91 Å². The van der Waals surface area contributed by atoms with E-state index in [-0.39, 0.29) is 17.3 Å². The summed E-state index contributed by atoms with van der Waals surface area (Å²) < 4.78 is 0. The monoisotopic (exact) mass is 232 g/mol. The maximum absolute atomic E-state index is 11.7. The minimum Gasteiger partial charge on any atom is -0.351 e. The fourth-order valence-electron chi connectivity index (χ4n) is 1.31. The number of rotatable bonds is 5. The summed E-state index contributed by atoms with van der Waals surface area (Å²) in [6, 6.07) is 6.73. The van der Waals surface area contributed by atoms with Crippen molar-refractivity contribution in [3.8, 4) is 6.07 Å². The Bertz CT molecular complexity index is 423. The van der Waals surface area contributed by atoms with E-state index in [0.717, 1.165) is 13.0 Å². The second-order valence-corrected chi connectivity index (χ2v) is 3.93. The third-order valence-corrected chi connectivity index (χ3v) is 2.16. The van der Waals surface area contributed by atoms with Gasteiger partial charge in [0.15, 0.2) is 0 Å². The molecule has 1 N–H and O–H groups in total. The molecule has 1 amide bonds. The second kappa shape index (κ2) is 6.61. The van der Waals surface area contributed by atoms with Gasteiger partial charge in [-0.2, -0.15) is 5.26 Å². The first-order valence-corrected chi connectivity index (χ1v) is 5.43. The Morgan fingerprint density at radius 3 is 2.94 bits per heavy atom. The van der Waals surface area contributed by atoms with Crippen LogP contribution in [-0.4, -0.2) is 43.0 Å². The number of nitriles is 1. The number of hydrogen-bond donors (Lipinski definition) is 1. The van der Waals surface area contributed by atoms with Gasteiger partial charge in [-0.3, -0.25) is 4.79 Å². The lowest BCUT2D eigenvalue weighted by Crippen LogP contribution is -2.27. The van der Waals surface area contributed by atoms with Crippen LogP contribution >= 0.6 is 0 Å². The van der Waals surface area contributed by atoms with Gasteiger partial charge < -0.3 is 10.2 Å². The number of carbonyl (C=O) groups excluding carboxylic acids is 1. The second-order valence-electron chi connectivity index (χ2n) is 3.93. The molecule has 0 aliphatic heterocycles. The zero-order chi connectivity index (χ0) is 12.7. The normalized spacial score (nSPS) is 10.0. The Balaban J connectivity index is 2.44. The Labute approximate surface area is 101 Å². The van der Waals surface area contributed by atoms with Crippen molar-refractivity contribution in [1.29, 1.82) is 5.26 Å². The van der Waals surface area contributed by atoms with Gasteiger partial charge in [-0.1, -0.05) is 6.07 Å². The predicted octanol–water partition coefficient (Wildman–Crippen LogP) is 0.635. The molecule has 1 aromatic heterocycles. The standard InChI is InChI=1S/C12H16N4O/c1-16(2)8-4-7-14-12(17)11-6-3-5-10(9-13)15-11/h3,5-6H,4,7-8H2,1-2H3,(H,14,17). The van der Waals surface area contributed by atoms with Crippen LogP contribution in [0.25, 0.3) is 0 Å². The molecule has 0 saturated carbocycles. The molecule has 0 atom stereocenters. The van der Waals surface area contributed by atoms with Gasteiger partial charge in [-0.05, 0) is 39.2 Å². The molecule has 0 fully saturated rings. The zero-order valence-electron chi connectivity index (χ0n) is 10.1. The maximum atomic E-state index is 11.7. The molecule has 90 valence electrons. The summed E-state index contributed by atoms with van der Waals surface area (Å²) in [6.07, 6.45) is 0.886. The van der Waals surface area contributed by atoms with Crippen molar-refractivity contribution in [2.75, 3.05) is 27.2 Å². The number of hydrogen-bond acceptors (Lipinski definition) is 4. The molecule has 1 aromatic rings. The maximum Gasteiger partial charge on any atom is 0.269 e. The third kappa shape index (κ3) is 4.62. The lowest BCUT2D eigenvalue weighted by Gasteiger charge is -2.09. The first-order chi connectivity index (χ1) is 8.13. The Morgan fingerprint density at radius 2 is 2.29 bits per heavy atom. The van der Waals surface area contributed by atoms with Crippen molar-refractivity contribution in [3.05, 3.63) is 29.6 Å². The van der Waals surface area contributed by atoms with Gasteiger partial charge in [-0.15, -0.1) is 0 Å². The van der Waals surface area contributed by atoms with Crippen LogP contribution in [0.3, 0.4) is 0 Å². The van der Waals surface area contributed by atoms with Gasteiger partial charge >= 0.3 is 0 Å². The van der Waals surface area contributed by atoms with E-state index >= 15 is 0 Å². The number of nitrogens with zero attached hydrogens (tertiary/aromatic N) is 3. The molecular formula is C12H16N4O. The summed E-state index contributed by atoms with van der Waals surface area (Å²) in [5.41, 5.74) is 0.542. The topological polar surface area (TPSA) is 69.0 Å². The minimum atomic E-state index is -0.235. The van der Waals surface area contributed by atoms with Crippen molar-refractivity contribution in [2.45, 2.75) is 6.42 Å². The van der Waals surface area contributed by atoms with E-state index in [2.05, 4.69) is 15.2 Å². The fourth-order valence-corrected chi connectivity index (χ4v) is 1.31. The molecule has 1 heterocycles. The van der Waals surface area contributed by atoms with Crippen LogP contribution in [0.5, 0.6) is 0 Å². The molecule has 17 heavy (non-hydrogen) atoms. The van der Waals surface area contributed by atoms with Crippen LogP contribution in [0.4, 0.5) is 0 Å². The van der Waals surface area contributed by atoms with E-state index < -0.39 is 0 Å². The number of pyridine rings is 1. The van der Waals surface area contributed by atoms with E-state index in [9.17, 15) is 4.79 Å². The van der Waals surface area contributed by atoms with E-state index in [0.29, 0.717) is 6.54 Å². The van der Waals surface area contributed by atoms with Crippen LogP contribution in [0.15, 0.2) is 18.2 Å². The highest BCUT2D eigenvalue weighted by atomic mass is 16.1. The van der Waals surface area contributed by atoms with Crippen LogP contribution in [0, 0.1) is 11.3 Å². The predicted molar refractivity (Wildman–Crippen MR) is 64.5 cm³/mol. The van der Waals surface area contributed by atoms with Crippen molar-refractivity contribution in [3.63, 3.8) is 0 Å². The summed E-state index contributed by atoms with van der Waals surface area (Å²) in [6.45, 7) is 1.53. The quantitative estimate of drug-likeness (QED) is 0.756. The first kappa shape index (κ1) is 13.1. The molecule has 5 nitrogen and oxygen atoms in total. The highest BCUT2D eigenvalue weighted by Crippen LogP contribution is 1.98. The number of carbonyl (C=O) groups is 1. The highest BCUT2D eigenvalue weighted by Gasteiger charge is 2.06. The average molecular weight is 232 g/mol.